The fourth-order valence-corrected chi connectivity index (χ4v) is 1.81. The Kier molecular flexibility index (Phi) is 4.69. The second-order valence-corrected chi connectivity index (χ2v) is 4.70. The van der Waals surface area contributed by atoms with Gasteiger partial charge in [0.05, 0.1) is 0 Å². The van der Waals surface area contributed by atoms with E-state index in [9.17, 15) is 8.42 Å². The highest BCUT2D eigenvalue weighted by Crippen LogP contribution is 1.93. The minimum atomic E-state index is -3.32. The lowest BCUT2D eigenvalue weighted by atomic mass is 10.4. The SMILES string of the molecule is CC(C)NS(=O)(=O)N(C)CCN. The van der Waals surface area contributed by atoms with Gasteiger partial charge in [-0.25, -0.2) is 0 Å². The number of hydrogen-bond donors (Lipinski definition) is 2. The fraction of sp³-hybridized carbons (Fsp3) is 1.00. The average Bonchev–Trinajstić information content (AvgIpc) is 1.85. The molecule has 0 radical (unpaired) electrons. The van der Waals surface area contributed by atoms with Crippen molar-refractivity contribution in [1.29, 1.82) is 0 Å². The Labute approximate surface area is 74.1 Å². The monoisotopic (exact) mass is 195 g/mol. The van der Waals surface area contributed by atoms with Gasteiger partial charge in [-0.05, 0) is 13.8 Å². The molecule has 0 aliphatic heterocycles. The molecule has 3 N–H and O–H groups in total. The molecule has 0 aromatic rings. The Hall–Kier alpha value is -0.170. The van der Waals surface area contributed by atoms with Gasteiger partial charge in [-0.2, -0.15) is 17.4 Å². The molecule has 0 fully saturated rings. The summed E-state index contributed by atoms with van der Waals surface area (Å²) in [6.45, 7) is 4.21. The first-order valence-corrected chi connectivity index (χ1v) is 5.28. The highest BCUT2D eigenvalue weighted by Gasteiger charge is 2.16. The molecule has 0 spiro atoms. The quantitative estimate of drug-likeness (QED) is 0.598. The normalized spacial score (nSPS) is 12.8. The largest absolute Gasteiger partial charge is 0.329 e. The van der Waals surface area contributed by atoms with Crippen LogP contribution < -0.4 is 10.5 Å². The van der Waals surface area contributed by atoms with E-state index in [4.69, 9.17) is 5.73 Å². The molecular weight excluding hydrogens is 178 g/mol. The molecule has 0 rings (SSSR count). The Morgan fingerprint density at radius 3 is 2.33 bits per heavy atom. The highest BCUT2D eigenvalue weighted by molar-refractivity contribution is 7.87. The van der Waals surface area contributed by atoms with Crippen LogP contribution in [0.25, 0.3) is 0 Å². The van der Waals surface area contributed by atoms with Crippen molar-refractivity contribution in [3.63, 3.8) is 0 Å². The van der Waals surface area contributed by atoms with E-state index in [0.717, 1.165) is 0 Å². The Morgan fingerprint density at radius 2 is 2.00 bits per heavy atom. The van der Waals surface area contributed by atoms with Crippen LogP contribution in [0.2, 0.25) is 0 Å². The van der Waals surface area contributed by atoms with Crippen molar-refractivity contribution in [3.8, 4) is 0 Å². The summed E-state index contributed by atoms with van der Waals surface area (Å²) in [5.41, 5.74) is 5.22. The molecule has 0 saturated heterocycles. The first-order valence-electron chi connectivity index (χ1n) is 3.84. The summed E-state index contributed by atoms with van der Waals surface area (Å²) in [4.78, 5) is 0. The zero-order chi connectivity index (χ0) is 9.78. The smallest absolute Gasteiger partial charge is 0.279 e. The van der Waals surface area contributed by atoms with Crippen LogP contribution in [-0.4, -0.2) is 38.9 Å². The second-order valence-electron chi connectivity index (χ2n) is 2.89. The molecule has 0 bridgehead atoms. The predicted molar refractivity (Wildman–Crippen MR) is 48.9 cm³/mol. The maximum atomic E-state index is 11.3. The molecule has 0 atom stereocenters. The molecule has 0 aromatic carbocycles. The van der Waals surface area contributed by atoms with Gasteiger partial charge < -0.3 is 5.73 Å². The predicted octanol–water partition coefficient (Wildman–Crippen LogP) is -0.880. The summed E-state index contributed by atoms with van der Waals surface area (Å²) in [7, 11) is -1.82. The molecule has 0 aliphatic carbocycles. The van der Waals surface area contributed by atoms with Gasteiger partial charge in [0.25, 0.3) is 10.2 Å². The Bertz CT molecular complexity index is 213. The van der Waals surface area contributed by atoms with Crippen molar-refractivity contribution in [3.05, 3.63) is 0 Å². The van der Waals surface area contributed by atoms with Crippen molar-refractivity contribution in [2.75, 3.05) is 20.1 Å². The molecule has 12 heavy (non-hydrogen) atoms. The van der Waals surface area contributed by atoms with Crippen LogP contribution in [0.3, 0.4) is 0 Å². The van der Waals surface area contributed by atoms with Crippen molar-refractivity contribution in [2.45, 2.75) is 19.9 Å². The number of likely N-dealkylation sites (N-methyl/N-ethyl adjacent to an activating group) is 1. The van der Waals surface area contributed by atoms with Crippen LogP contribution in [-0.2, 0) is 10.2 Å². The highest BCUT2D eigenvalue weighted by atomic mass is 32.2. The van der Waals surface area contributed by atoms with E-state index in [1.807, 2.05) is 0 Å². The standard InChI is InChI=1S/C6H17N3O2S/c1-6(2)8-12(10,11)9(3)5-4-7/h6,8H,4-5,7H2,1-3H3. The molecular formula is C6H17N3O2S. The molecule has 74 valence electrons. The first kappa shape index (κ1) is 11.8. The number of rotatable bonds is 5. The molecule has 0 heterocycles. The van der Waals surface area contributed by atoms with Crippen LogP contribution in [0.4, 0.5) is 0 Å². The van der Waals surface area contributed by atoms with E-state index >= 15 is 0 Å². The van der Waals surface area contributed by atoms with E-state index < -0.39 is 10.2 Å². The zero-order valence-corrected chi connectivity index (χ0v) is 8.56. The van der Waals surface area contributed by atoms with Gasteiger partial charge in [0.2, 0.25) is 0 Å². The summed E-state index contributed by atoms with van der Waals surface area (Å²) < 4.78 is 26.2. The van der Waals surface area contributed by atoms with Crippen LogP contribution in [0, 0.1) is 0 Å². The summed E-state index contributed by atoms with van der Waals surface area (Å²) in [6.07, 6.45) is 0. The number of nitrogens with one attached hydrogen (secondary N) is 1. The minimum absolute atomic E-state index is 0.0878. The topological polar surface area (TPSA) is 75.4 Å². The Morgan fingerprint density at radius 1 is 1.50 bits per heavy atom. The van der Waals surface area contributed by atoms with Crippen LogP contribution in [0.1, 0.15) is 13.8 Å². The third kappa shape index (κ3) is 4.01. The van der Waals surface area contributed by atoms with Crippen molar-refractivity contribution in [2.24, 2.45) is 5.73 Å². The molecule has 0 unspecified atom stereocenters. The number of nitrogens with two attached hydrogens (primary N) is 1. The van der Waals surface area contributed by atoms with Crippen molar-refractivity contribution < 1.29 is 8.42 Å². The summed E-state index contributed by atoms with van der Waals surface area (Å²) in [5.74, 6) is 0. The lowest BCUT2D eigenvalue weighted by molar-refractivity contribution is 0.458. The van der Waals surface area contributed by atoms with Gasteiger partial charge in [-0.15, -0.1) is 0 Å². The maximum Gasteiger partial charge on any atom is 0.279 e. The molecule has 0 amide bonds. The summed E-state index contributed by atoms with van der Waals surface area (Å²) >= 11 is 0. The van der Waals surface area contributed by atoms with E-state index in [1.54, 1.807) is 13.8 Å². The second kappa shape index (κ2) is 4.76. The lowest BCUT2D eigenvalue weighted by Crippen LogP contribution is -2.43. The third-order valence-corrected chi connectivity index (χ3v) is 3.01. The van der Waals surface area contributed by atoms with E-state index in [0.29, 0.717) is 13.1 Å². The van der Waals surface area contributed by atoms with E-state index in [2.05, 4.69) is 4.72 Å². The number of nitrogens with zero attached hydrogens (tertiary/aromatic N) is 1. The lowest BCUT2D eigenvalue weighted by Gasteiger charge is -2.18. The van der Waals surface area contributed by atoms with Gasteiger partial charge in [0, 0.05) is 26.2 Å². The number of hydrogen-bond acceptors (Lipinski definition) is 3. The average molecular weight is 195 g/mol. The molecule has 0 saturated carbocycles. The minimum Gasteiger partial charge on any atom is -0.329 e. The third-order valence-electron chi connectivity index (χ3n) is 1.24. The van der Waals surface area contributed by atoms with E-state index in [1.165, 1.54) is 11.4 Å². The van der Waals surface area contributed by atoms with E-state index in [-0.39, 0.29) is 6.04 Å². The van der Waals surface area contributed by atoms with Gasteiger partial charge >= 0.3 is 0 Å². The maximum absolute atomic E-state index is 11.3. The van der Waals surface area contributed by atoms with Crippen LogP contribution >= 0.6 is 0 Å². The Balaban J connectivity index is 4.20. The molecule has 0 aliphatic rings. The molecule has 6 heteroatoms. The zero-order valence-electron chi connectivity index (χ0n) is 7.74. The van der Waals surface area contributed by atoms with Gasteiger partial charge in [0.15, 0.2) is 0 Å². The molecule has 5 nitrogen and oxygen atoms in total. The first-order chi connectivity index (χ1) is 5.40. The van der Waals surface area contributed by atoms with Crippen LogP contribution in [0.5, 0.6) is 0 Å². The summed E-state index contributed by atoms with van der Waals surface area (Å²) in [5, 5.41) is 0. The van der Waals surface area contributed by atoms with Crippen LogP contribution in [0.15, 0.2) is 0 Å². The summed E-state index contributed by atoms with van der Waals surface area (Å²) in [6, 6.07) is -0.0878. The van der Waals surface area contributed by atoms with Gasteiger partial charge in [-0.3, -0.25) is 0 Å². The van der Waals surface area contributed by atoms with Gasteiger partial charge in [0.1, 0.15) is 0 Å². The van der Waals surface area contributed by atoms with Crippen molar-refractivity contribution >= 4 is 10.2 Å². The van der Waals surface area contributed by atoms with Gasteiger partial charge in [-0.1, -0.05) is 0 Å². The van der Waals surface area contributed by atoms with Crippen molar-refractivity contribution in [1.82, 2.24) is 9.03 Å². The fourth-order valence-electron chi connectivity index (χ4n) is 0.690. The molecule has 0 aromatic heterocycles.